The highest BCUT2D eigenvalue weighted by molar-refractivity contribution is 6.42. The van der Waals surface area contributed by atoms with Crippen LogP contribution in [0.2, 0.25) is 10.0 Å². The van der Waals surface area contributed by atoms with Gasteiger partial charge in [-0.05, 0) is 12.1 Å². The molecule has 0 bridgehead atoms. The fraction of sp³-hybridized carbons (Fsp3) is 0.400. The number of carbonyl (C=O) groups excluding carboxylic acids is 1. The number of hydrogen-bond donors (Lipinski definition) is 2. The summed E-state index contributed by atoms with van der Waals surface area (Å²) in [6.07, 6.45) is -3.99. The quantitative estimate of drug-likeness (QED) is 0.487. The van der Waals surface area contributed by atoms with Crippen LogP contribution in [0.3, 0.4) is 0 Å². The third kappa shape index (κ3) is 3.95. The summed E-state index contributed by atoms with van der Waals surface area (Å²) in [5, 5.41) is 15.5. The molecule has 2 aliphatic heterocycles. The van der Waals surface area contributed by atoms with E-state index in [1.165, 1.54) is 11.0 Å². The minimum absolute atomic E-state index is 0.0763. The van der Waals surface area contributed by atoms with E-state index in [9.17, 15) is 18.0 Å². The Kier molecular flexibility index (Phi) is 5.57. The summed E-state index contributed by atoms with van der Waals surface area (Å²) in [6.45, 7) is 0.759. The van der Waals surface area contributed by atoms with Gasteiger partial charge in [0.15, 0.2) is 5.69 Å². The van der Waals surface area contributed by atoms with Crippen molar-refractivity contribution in [2.45, 2.75) is 18.0 Å². The largest absolute Gasteiger partial charge is 0.433 e. The van der Waals surface area contributed by atoms with Gasteiger partial charge in [0.25, 0.3) is 11.8 Å². The van der Waals surface area contributed by atoms with E-state index in [0.29, 0.717) is 13.1 Å². The lowest BCUT2D eigenvalue weighted by Crippen LogP contribution is -2.57. The lowest BCUT2D eigenvalue weighted by Gasteiger charge is -2.42. The smallest absolute Gasteiger partial charge is 0.419 e. The number of rotatable bonds is 4. The molecule has 35 heavy (non-hydrogen) atoms. The van der Waals surface area contributed by atoms with Gasteiger partial charge in [0, 0.05) is 37.2 Å². The first-order valence-corrected chi connectivity index (χ1v) is 11.0. The fourth-order valence-electron chi connectivity index (χ4n) is 4.42. The Labute approximate surface area is 203 Å². The first kappa shape index (κ1) is 23.9. The van der Waals surface area contributed by atoms with Gasteiger partial charge in [-0.1, -0.05) is 29.3 Å². The van der Waals surface area contributed by atoms with Crippen molar-refractivity contribution < 1.29 is 31.2 Å². The van der Waals surface area contributed by atoms with E-state index in [1.54, 1.807) is 0 Å². The van der Waals surface area contributed by atoms with Crippen LogP contribution < -0.4 is 5.32 Å². The summed E-state index contributed by atoms with van der Waals surface area (Å²) >= 11 is 11.7. The van der Waals surface area contributed by atoms with Crippen LogP contribution in [0.15, 0.2) is 28.8 Å². The highest BCUT2D eigenvalue weighted by Gasteiger charge is 2.55. The molecular weight excluding hydrogens is 522 g/mol. The van der Waals surface area contributed by atoms with Crippen LogP contribution in [0.1, 0.15) is 39.3 Å². The third-order valence-corrected chi connectivity index (χ3v) is 7.07. The average molecular weight is 537 g/mol. The number of H-pyrrole nitrogens is 1. The SMILES string of the molecule is O=C(c1cn[nH]c1C(F)(F)F)N1CC(c2nnc(C(F)(F)c3ccc(Cl)c(Cl)c3)o2)C2(CNC2)C1. The molecule has 1 spiro atoms. The maximum atomic E-state index is 15.0. The average Bonchev–Trinajstić information content (AvgIpc) is 3.51. The summed E-state index contributed by atoms with van der Waals surface area (Å²) in [7, 11) is 0. The molecule has 1 atom stereocenters. The predicted octanol–water partition coefficient (Wildman–Crippen LogP) is 4.09. The molecule has 2 saturated heterocycles. The Morgan fingerprint density at radius 1 is 1.14 bits per heavy atom. The van der Waals surface area contributed by atoms with Crippen molar-refractivity contribution in [3.63, 3.8) is 0 Å². The number of hydrogen-bond acceptors (Lipinski definition) is 6. The van der Waals surface area contributed by atoms with Crippen molar-refractivity contribution in [2.75, 3.05) is 26.2 Å². The van der Waals surface area contributed by atoms with Crippen LogP contribution in [0, 0.1) is 5.41 Å². The van der Waals surface area contributed by atoms with Crippen molar-refractivity contribution in [1.29, 1.82) is 0 Å². The zero-order chi connectivity index (χ0) is 25.2. The highest BCUT2D eigenvalue weighted by atomic mass is 35.5. The number of nitrogens with zero attached hydrogens (tertiary/aromatic N) is 4. The molecule has 186 valence electrons. The van der Waals surface area contributed by atoms with Crippen molar-refractivity contribution in [3.05, 3.63) is 63.0 Å². The second-order valence-corrected chi connectivity index (χ2v) is 9.32. The first-order chi connectivity index (χ1) is 16.4. The number of benzene rings is 1. The molecule has 2 N–H and O–H groups in total. The van der Waals surface area contributed by atoms with E-state index in [4.69, 9.17) is 27.6 Å². The number of amides is 1. The molecule has 8 nitrogen and oxygen atoms in total. The van der Waals surface area contributed by atoms with Crippen LogP contribution in [0.25, 0.3) is 0 Å². The standard InChI is InChI=1S/C20H15Cl2F5N6O2/c21-12-2-1-9(3-13(12)22)19(23,24)17-32-31-15(35-17)11-5-33(8-18(11)6-28-7-18)16(34)10-4-29-30-14(10)20(25,26)27/h1-4,11,28H,5-8H2,(H,29,30). The number of aromatic nitrogens is 4. The Morgan fingerprint density at radius 2 is 1.89 bits per heavy atom. The highest BCUT2D eigenvalue weighted by Crippen LogP contribution is 2.47. The van der Waals surface area contributed by atoms with Gasteiger partial charge in [-0.15, -0.1) is 10.2 Å². The van der Waals surface area contributed by atoms with Crippen LogP contribution in [-0.2, 0) is 12.1 Å². The van der Waals surface area contributed by atoms with E-state index in [1.807, 2.05) is 5.10 Å². The van der Waals surface area contributed by atoms with E-state index < -0.39 is 52.1 Å². The number of carbonyl (C=O) groups is 1. The molecule has 0 radical (unpaired) electrons. The normalized spacial score (nSPS) is 19.9. The minimum Gasteiger partial charge on any atom is -0.419 e. The molecule has 4 heterocycles. The molecule has 0 saturated carbocycles. The monoisotopic (exact) mass is 536 g/mol. The van der Waals surface area contributed by atoms with Crippen molar-refractivity contribution in [3.8, 4) is 0 Å². The molecule has 15 heteroatoms. The second-order valence-electron chi connectivity index (χ2n) is 8.51. The minimum atomic E-state index is -4.80. The van der Waals surface area contributed by atoms with Gasteiger partial charge in [-0.2, -0.15) is 27.1 Å². The second kappa shape index (κ2) is 8.14. The summed E-state index contributed by atoms with van der Waals surface area (Å²) in [5.74, 6) is -6.36. The maximum absolute atomic E-state index is 15.0. The number of aromatic amines is 1. The maximum Gasteiger partial charge on any atom is 0.433 e. The van der Waals surface area contributed by atoms with Crippen LogP contribution in [-0.4, -0.2) is 57.4 Å². The van der Waals surface area contributed by atoms with Crippen LogP contribution in [0.4, 0.5) is 22.0 Å². The van der Waals surface area contributed by atoms with Gasteiger partial charge in [-0.3, -0.25) is 9.89 Å². The van der Waals surface area contributed by atoms with Crippen LogP contribution in [0.5, 0.6) is 0 Å². The Bertz CT molecular complexity index is 1290. The Morgan fingerprint density at radius 3 is 2.51 bits per heavy atom. The van der Waals surface area contributed by atoms with Gasteiger partial charge in [0.05, 0.1) is 27.7 Å². The molecule has 1 aromatic carbocycles. The molecule has 2 fully saturated rings. The summed E-state index contributed by atoms with van der Waals surface area (Å²) in [5.41, 5.74) is -3.04. The topological polar surface area (TPSA) is 99.9 Å². The lowest BCUT2D eigenvalue weighted by molar-refractivity contribution is -0.141. The Hall–Kier alpha value is -2.77. The zero-order valence-electron chi connectivity index (χ0n) is 17.5. The first-order valence-electron chi connectivity index (χ1n) is 10.2. The predicted molar refractivity (Wildman–Crippen MR) is 111 cm³/mol. The van der Waals surface area contributed by atoms with E-state index in [2.05, 4.69) is 20.6 Å². The molecule has 0 aliphatic carbocycles. The van der Waals surface area contributed by atoms with Gasteiger partial charge < -0.3 is 14.6 Å². The molecule has 3 aromatic rings. The summed E-state index contributed by atoms with van der Waals surface area (Å²) in [4.78, 5) is 14.1. The number of nitrogens with one attached hydrogen (secondary N) is 2. The molecule has 2 aromatic heterocycles. The molecule has 1 unspecified atom stereocenters. The summed E-state index contributed by atoms with van der Waals surface area (Å²) in [6, 6.07) is 3.28. The zero-order valence-corrected chi connectivity index (χ0v) is 19.0. The van der Waals surface area contributed by atoms with E-state index >= 15 is 8.78 Å². The van der Waals surface area contributed by atoms with Gasteiger partial charge >= 0.3 is 12.1 Å². The van der Waals surface area contributed by atoms with Gasteiger partial charge in [-0.25, -0.2) is 0 Å². The van der Waals surface area contributed by atoms with Crippen molar-refractivity contribution in [1.82, 2.24) is 30.6 Å². The molecule has 1 amide bonds. The van der Waals surface area contributed by atoms with Crippen molar-refractivity contribution >= 4 is 29.1 Å². The summed E-state index contributed by atoms with van der Waals surface area (Å²) < 4.78 is 75.1. The fourth-order valence-corrected chi connectivity index (χ4v) is 4.72. The number of likely N-dealkylation sites (tertiary alicyclic amines) is 1. The van der Waals surface area contributed by atoms with Gasteiger partial charge in [0.2, 0.25) is 5.89 Å². The van der Waals surface area contributed by atoms with Crippen LogP contribution >= 0.6 is 23.2 Å². The molecule has 5 rings (SSSR count). The number of alkyl halides is 5. The molecular formula is C20H15Cl2F5N6O2. The van der Waals surface area contributed by atoms with E-state index in [0.717, 1.165) is 18.3 Å². The lowest BCUT2D eigenvalue weighted by atomic mass is 9.73. The van der Waals surface area contributed by atoms with Crippen molar-refractivity contribution in [2.24, 2.45) is 5.41 Å². The van der Waals surface area contributed by atoms with E-state index in [-0.39, 0.29) is 29.0 Å². The van der Waals surface area contributed by atoms with Gasteiger partial charge in [0.1, 0.15) is 0 Å². The number of halogens is 7. The Balaban J connectivity index is 1.42. The third-order valence-electron chi connectivity index (χ3n) is 6.33. The molecule has 2 aliphatic rings.